The van der Waals surface area contributed by atoms with Gasteiger partial charge in [0.2, 0.25) is 0 Å². The van der Waals surface area contributed by atoms with Gasteiger partial charge in [0.1, 0.15) is 11.4 Å². The Morgan fingerprint density at radius 3 is 2.56 bits per heavy atom. The maximum atomic E-state index is 6.54. The van der Waals surface area contributed by atoms with Crippen molar-refractivity contribution in [1.82, 2.24) is 20.4 Å². The fraction of sp³-hybridized carbons (Fsp3) is 0.720. The minimum atomic E-state index is -0.00438. The highest BCUT2D eigenvalue weighted by molar-refractivity contribution is 14.0. The van der Waals surface area contributed by atoms with Gasteiger partial charge in [0, 0.05) is 50.7 Å². The number of hydrogen-bond donors (Lipinski definition) is 2. The third-order valence-electron chi connectivity index (χ3n) is 7.36. The van der Waals surface area contributed by atoms with E-state index in [1.165, 1.54) is 31.5 Å². The van der Waals surface area contributed by atoms with Gasteiger partial charge in [-0.2, -0.15) is 0 Å². The van der Waals surface area contributed by atoms with E-state index in [1.807, 2.05) is 0 Å². The fourth-order valence-corrected chi connectivity index (χ4v) is 5.42. The Bertz CT molecular complexity index is 744. The predicted molar refractivity (Wildman–Crippen MR) is 143 cm³/mol. The standard InChI is InChI=1S/C25H41N5O.HI/c1-4-26-24(27-19-20(3)30-16-14-29(5-2)15-17-30)28-22-18-25(12-8-9-13-25)31-23-11-7-6-10-21(22)23;/h6-7,10-11,20,22H,4-5,8-9,12-19H2,1-3H3,(H2,26,27,28);1H. The summed E-state index contributed by atoms with van der Waals surface area (Å²) in [6.45, 7) is 14.2. The van der Waals surface area contributed by atoms with Crippen LogP contribution in [-0.4, -0.2) is 73.2 Å². The summed E-state index contributed by atoms with van der Waals surface area (Å²) in [4.78, 5) is 10.1. The van der Waals surface area contributed by atoms with Crippen molar-refractivity contribution in [2.45, 2.75) is 70.6 Å². The number of aliphatic imine (C=N–C) groups is 1. The summed E-state index contributed by atoms with van der Waals surface area (Å²) in [7, 11) is 0. The summed E-state index contributed by atoms with van der Waals surface area (Å²) in [6.07, 6.45) is 5.88. The zero-order valence-corrected chi connectivity index (χ0v) is 22.4. The first-order valence-electron chi connectivity index (χ1n) is 12.4. The van der Waals surface area contributed by atoms with Crippen molar-refractivity contribution in [2.75, 3.05) is 45.8 Å². The zero-order valence-electron chi connectivity index (χ0n) is 20.1. The molecule has 2 fully saturated rings. The van der Waals surface area contributed by atoms with Gasteiger partial charge in [0.25, 0.3) is 0 Å². The molecular formula is C25H42IN5O. The molecule has 1 aromatic rings. The molecule has 2 heterocycles. The lowest BCUT2D eigenvalue weighted by atomic mass is 9.86. The first kappa shape index (κ1) is 25.6. The van der Waals surface area contributed by atoms with E-state index < -0.39 is 0 Å². The van der Waals surface area contributed by atoms with E-state index in [1.54, 1.807) is 0 Å². The molecule has 0 aromatic heterocycles. The van der Waals surface area contributed by atoms with Gasteiger partial charge in [-0.25, -0.2) is 0 Å². The summed E-state index contributed by atoms with van der Waals surface area (Å²) in [5, 5.41) is 7.26. The largest absolute Gasteiger partial charge is 0.487 e. The lowest BCUT2D eigenvalue weighted by Crippen LogP contribution is -2.50. The van der Waals surface area contributed by atoms with Crippen LogP contribution in [0.15, 0.2) is 29.3 Å². The van der Waals surface area contributed by atoms with Crippen LogP contribution in [0.2, 0.25) is 0 Å². The topological polar surface area (TPSA) is 52.1 Å². The van der Waals surface area contributed by atoms with Gasteiger partial charge in [-0.05, 0) is 52.1 Å². The highest BCUT2D eigenvalue weighted by Gasteiger charge is 2.43. The summed E-state index contributed by atoms with van der Waals surface area (Å²) >= 11 is 0. The second-order valence-electron chi connectivity index (χ2n) is 9.47. The van der Waals surface area contributed by atoms with Crippen molar-refractivity contribution in [3.8, 4) is 5.75 Å². The second kappa shape index (κ2) is 11.9. The fourth-order valence-electron chi connectivity index (χ4n) is 5.42. The molecule has 2 atom stereocenters. The number of likely N-dealkylation sites (N-methyl/N-ethyl adjacent to an activating group) is 1. The summed E-state index contributed by atoms with van der Waals surface area (Å²) < 4.78 is 6.54. The van der Waals surface area contributed by atoms with Crippen molar-refractivity contribution in [1.29, 1.82) is 0 Å². The van der Waals surface area contributed by atoms with Crippen LogP contribution in [0.1, 0.15) is 64.5 Å². The van der Waals surface area contributed by atoms with Crippen molar-refractivity contribution in [3.05, 3.63) is 29.8 Å². The molecule has 32 heavy (non-hydrogen) atoms. The van der Waals surface area contributed by atoms with Crippen molar-refractivity contribution in [2.24, 2.45) is 4.99 Å². The molecule has 0 radical (unpaired) electrons. The van der Waals surface area contributed by atoms with E-state index in [-0.39, 0.29) is 35.6 Å². The van der Waals surface area contributed by atoms with Crippen LogP contribution in [0.5, 0.6) is 5.75 Å². The normalized spacial score (nSPS) is 24.3. The van der Waals surface area contributed by atoms with Crippen LogP contribution in [-0.2, 0) is 0 Å². The maximum Gasteiger partial charge on any atom is 0.191 e. The van der Waals surface area contributed by atoms with Gasteiger partial charge in [-0.15, -0.1) is 24.0 Å². The molecule has 180 valence electrons. The Morgan fingerprint density at radius 2 is 1.88 bits per heavy atom. The SMILES string of the molecule is CCNC(=NCC(C)N1CCN(CC)CC1)NC1CC2(CCCC2)Oc2ccccc21.I. The van der Waals surface area contributed by atoms with E-state index >= 15 is 0 Å². The quantitative estimate of drug-likeness (QED) is 0.316. The van der Waals surface area contributed by atoms with Crippen LogP contribution in [0.4, 0.5) is 0 Å². The highest BCUT2D eigenvalue weighted by atomic mass is 127. The number of para-hydroxylation sites is 1. The van der Waals surface area contributed by atoms with E-state index in [9.17, 15) is 0 Å². The number of hydrogen-bond acceptors (Lipinski definition) is 4. The third kappa shape index (κ3) is 6.08. The van der Waals surface area contributed by atoms with Crippen LogP contribution in [0, 0.1) is 0 Å². The molecule has 1 saturated carbocycles. The predicted octanol–water partition coefficient (Wildman–Crippen LogP) is 4.02. The lowest BCUT2D eigenvalue weighted by molar-refractivity contribution is 0.0396. The number of nitrogens with zero attached hydrogens (tertiary/aromatic N) is 3. The molecule has 1 aromatic carbocycles. The first-order valence-corrected chi connectivity index (χ1v) is 12.4. The van der Waals surface area contributed by atoms with Crippen LogP contribution in [0.25, 0.3) is 0 Å². The molecule has 1 aliphatic carbocycles. The molecule has 3 aliphatic rings. The van der Waals surface area contributed by atoms with Gasteiger partial charge in [0.15, 0.2) is 5.96 Å². The summed E-state index contributed by atoms with van der Waals surface area (Å²) in [5.41, 5.74) is 1.25. The van der Waals surface area contributed by atoms with Crippen molar-refractivity contribution in [3.63, 3.8) is 0 Å². The Labute approximate surface area is 211 Å². The molecule has 2 aliphatic heterocycles. The Morgan fingerprint density at radius 1 is 1.16 bits per heavy atom. The molecule has 2 unspecified atom stereocenters. The van der Waals surface area contributed by atoms with Gasteiger partial charge >= 0.3 is 0 Å². The van der Waals surface area contributed by atoms with E-state index in [4.69, 9.17) is 9.73 Å². The monoisotopic (exact) mass is 555 g/mol. The molecule has 1 spiro atoms. The van der Waals surface area contributed by atoms with E-state index in [2.05, 4.69) is 65.5 Å². The minimum Gasteiger partial charge on any atom is -0.487 e. The zero-order chi connectivity index (χ0) is 21.7. The smallest absolute Gasteiger partial charge is 0.191 e. The number of benzene rings is 1. The third-order valence-corrected chi connectivity index (χ3v) is 7.36. The van der Waals surface area contributed by atoms with Gasteiger partial charge in [-0.3, -0.25) is 9.89 Å². The van der Waals surface area contributed by atoms with Crippen LogP contribution in [0.3, 0.4) is 0 Å². The minimum absolute atomic E-state index is 0. The van der Waals surface area contributed by atoms with Crippen LogP contribution >= 0.6 is 24.0 Å². The van der Waals surface area contributed by atoms with Crippen LogP contribution < -0.4 is 15.4 Å². The van der Waals surface area contributed by atoms with Gasteiger partial charge in [0.05, 0.1) is 12.6 Å². The first-order chi connectivity index (χ1) is 15.1. The summed E-state index contributed by atoms with van der Waals surface area (Å²) in [5.74, 6) is 1.97. The number of guanidine groups is 1. The highest BCUT2D eigenvalue weighted by Crippen LogP contribution is 2.46. The van der Waals surface area contributed by atoms with Gasteiger partial charge in [-0.1, -0.05) is 25.1 Å². The molecule has 0 bridgehead atoms. The summed E-state index contributed by atoms with van der Waals surface area (Å²) in [6, 6.07) is 9.23. The lowest BCUT2D eigenvalue weighted by Gasteiger charge is -2.40. The van der Waals surface area contributed by atoms with Crippen molar-refractivity contribution < 1.29 is 4.74 Å². The molecule has 7 heteroatoms. The van der Waals surface area contributed by atoms with Gasteiger partial charge < -0.3 is 20.3 Å². The molecule has 0 amide bonds. The van der Waals surface area contributed by atoms with E-state index in [0.29, 0.717) is 6.04 Å². The molecule has 2 N–H and O–H groups in total. The Balaban J connectivity index is 0.00000289. The number of halogens is 1. The van der Waals surface area contributed by atoms with Crippen molar-refractivity contribution >= 4 is 29.9 Å². The molecule has 4 rings (SSSR count). The number of nitrogens with one attached hydrogen (secondary N) is 2. The maximum absolute atomic E-state index is 6.54. The molecule has 1 saturated heterocycles. The number of piperazine rings is 1. The Kier molecular flexibility index (Phi) is 9.49. The average molecular weight is 556 g/mol. The molecular weight excluding hydrogens is 513 g/mol. The number of rotatable bonds is 6. The van der Waals surface area contributed by atoms with E-state index in [0.717, 1.165) is 63.7 Å². The average Bonchev–Trinajstić information content (AvgIpc) is 3.24. The number of fused-ring (bicyclic) bond motifs is 1. The second-order valence-corrected chi connectivity index (χ2v) is 9.47. The molecule has 6 nitrogen and oxygen atoms in total. The number of ether oxygens (including phenoxy) is 1. The Hall–Kier alpha value is -1.06.